The van der Waals surface area contributed by atoms with Crippen LogP contribution in [-0.2, 0) is 13.1 Å². The largest absolute Gasteiger partial charge is 0.496 e. The standard InChI is InChI=1S/C14H15FN4O2/c1-21-13-3-2-10(15)6-11(13)12(20)7-18-4-5-19-9-16-17-14(19)8-18/h2-3,6,9H,4-5,7-8H2,1H3. The number of nitrogens with zero attached hydrogens (tertiary/aromatic N) is 4. The maximum atomic E-state index is 13.3. The summed E-state index contributed by atoms with van der Waals surface area (Å²) in [5.41, 5.74) is 0.268. The van der Waals surface area contributed by atoms with Gasteiger partial charge in [-0.15, -0.1) is 10.2 Å². The van der Waals surface area contributed by atoms with E-state index in [9.17, 15) is 9.18 Å². The van der Waals surface area contributed by atoms with Crippen LogP contribution in [-0.4, -0.2) is 45.6 Å². The van der Waals surface area contributed by atoms with Crippen molar-refractivity contribution in [3.8, 4) is 5.75 Å². The van der Waals surface area contributed by atoms with Gasteiger partial charge in [0, 0.05) is 13.1 Å². The number of hydrogen-bond donors (Lipinski definition) is 0. The second-order valence-electron chi connectivity index (χ2n) is 4.92. The molecule has 1 aromatic carbocycles. The van der Waals surface area contributed by atoms with Crippen molar-refractivity contribution in [1.82, 2.24) is 19.7 Å². The van der Waals surface area contributed by atoms with Crippen LogP contribution in [0.4, 0.5) is 4.39 Å². The lowest BCUT2D eigenvalue weighted by atomic mass is 10.1. The third-order valence-electron chi connectivity index (χ3n) is 3.55. The molecule has 0 atom stereocenters. The first-order chi connectivity index (χ1) is 10.2. The van der Waals surface area contributed by atoms with Crippen molar-refractivity contribution in [3.05, 3.63) is 41.7 Å². The SMILES string of the molecule is COc1ccc(F)cc1C(=O)CN1CCn2cnnc2C1. The van der Waals surface area contributed by atoms with Gasteiger partial charge in [0.15, 0.2) is 5.78 Å². The molecule has 6 nitrogen and oxygen atoms in total. The Morgan fingerprint density at radius 2 is 2.29 bits per heavy atom. The topological polar surface area (TPSA) is 60.2 Å². The number of ketones is 1. The van der Waals surface area contributed by atoms with Gasteiger partial charge in [-0.3, -0.25) is 9.69 Å². The predicted octanol–water partition coefficient (Wildman–Crippen LogP) is 1.12. The number of carbonyl (C=O) groups is 1. The summed E-state index contributed by atoms with van der Waals surface area (Å²) in [5.74, 6) is 0.610. The Morgan fingerprint density at radius 3 is 3.10 bits per heavy atom. The summed E-state index contributed by atoms with van der Waals surface area (Å²) in [6.07, 6.45) is 1.68. The second kappa shape index (κ2) is 5.61. The van der Waals surface area contributed by atoms with Crippen molar-refractivity contribution >= 4 is 5.78 Å². The first-order valence-electron chi connectivity index (χ1n) is 6.63. The summed E-state index contributed by atoms with van der Waals surface area (Å²) < 4.78 is 20.4. The number of halogens is 1. The van der Waals surface area contributed by atoms with Gasteiger partial charge in [-0.1, -0.05) is 0 Å². The highest BCUT2D eigenvalue weighted by Gasteiger charge is 2.22. The van der Waals surface area contributed by atoms with Crippen LogP contribution in [0.1, 0.15) is 16.2 Å². The van der Waals surface area contributed by atoms with E-state index in [1.165, 1.54) is 25.3 Å². The molecule has 0 N–H and O–H groups in total. The van der Waals surface area contributed by atoms with Crippen molar-refractivity contribution in [1.29, 1.82) is 0 Å². The zero-order chi connectivity index (χ0) is 14.8. The van der Waals surface area contributed by atoms with E-state index >= 15 is 0 Å². The number of fused-ring (bicyclic) bond motifs is 1. The van der Waals surface area contributed by atoms with Crippen LogP contribution < -0.4 is 4.74 Å². The molecule has 0 radical (unpaired) electrons. The van der Waals surface area contributed by atoms with Gasteiger partial charge in [-0.25, -0.2) is 4.39 Å². The van der Waals surface area contributed by atoms with Crippen molar-refractivity contribution in [3.63, 3.8) is 0 Å². The van der Waals surface area contributed by atoms with Gasteiger partial charge in [0.1, 0.15) is 23.7 Å². The fourth-order valence-electron chi connectivity index (χ4n) is 2.44. The minimum Gasteiger partial charge on any atom is -0.496 e. The zero-order valence-corrected chi connectivity index (χ0v) is 11.6. The second-order valence-corrected chi connectivity index (χ2v) is 4.92. The van der Waals surface area contributed by atoms with Crippen LogP contribution >= 0.6 is 0 Å². The quantitative estimate of drug-likeness (QED) is 0.790. The predicted molar refractivity (Wildman–Crippen MR) is 72.6 cm³/mol. The molecule has 2 heterocycles. The third-order valence-corrected chi connectivity index (χ3v) is 3.55. The normalized spacial score (nSPS) is 14.8. The Bertz CT molecular complexity index is 671. The number of methoxy groups -OCH3 is 1. The first kappa shape index (κ1) is 13.7. The molecule has 0 aliphatic carbocycles. The lowest BCUT2D eigenvalue weighted by molar-refractivity contribution is 0.0904. The van der Waals surface area contributed by atoms with Gasteiger partial charge in [-0.05, 0) is 18.2 Å². The smallest absolute Gasteiger partial charge is 0.180 e. The minimum absolute atomic E-state index is 0.167. The van der Waals surface area contributed by atoms with Gasteiger partial charge >= 0.3 is 0 Å². The number of ether oxygens (including phenoxy) is 1. The maximum absolute atomic E-state index is 13.3. The molecule has 110 valence electrons. The van der Waals surface area contributed by atoms with Crippen LogP contribution in [0.3, 0.4) is 0 Å². The molecular formula is C14H15FN4O2. The third kappa shape index (κ3) is 2.78. The summed E-state index contributed by atoms with van der Waals surface area (Å²) >= 11 is 0. The lowest BCUT2D eigenvalue weighted by Gasteiger charge is -2.26. The molecule has 0 fully saturated rings. The molecule has 0 amide bonds. The average molecular weight is 290 g/mol. The molecule has 1 aliphatic rings. The van der Waals surface area contributed by atoms with E-state index in [4.69, 9.17) is 4.74 Å². The molecule has 0 saturated carbocycles. The molecule has 3 rings (SSSR count). The Labute approximate surface area is 121 Å². The number of rotatable bonds is 4. The van der Waals surface area contributed by atoms with E-state index < -0.39 is 5.82 Å². The van der Waals surface area contributed by atoms with Gasteiger partial charge in [0.2, 0.25) is 0 Å². The van der Waals surface area contributed by atoms with Crippen molar-refractivity contribution in [2.24, 2.45) is 0 Å². The van der Waals surface area contributed by atoms with Crippen molar-refractivity contribution in [2.75, 3.05) is 20.2 Å². The van der Waals surface area contributed by atoms with Crippen LogP contribution in [0, 0.1) is 5.82 Å². The van der Waals surface area contributed by atoms with E-state index in [0.717, 1.165) is 18.9 Å². The Kier molecular flexibility index (Phi) is 3.66. The minimum atomic E-state index is -0.447. The van der Waals surface area contributed by atoms with E-state index in [1.54, 1.807) is 6.33 Å². The fourth-order valence-corrected chi connectivity index (χ4v) is 2.44. The van der Waals surface area contributed by atoms with Gasteiger partial charge in [0.05, 0.1) is 25.8 Å². The molecule has 2 aromatic rings. The summed E-state index contributed by atoms with van der Waals surface area (Å²) in [5, 5.41) is 7.86. The number of carbonyl (C=O) groups excluding carboxylic acids is 1. The molecule has 0 spiro atoms. The van der Waals surface area contributed by atoms with E-state index in [-0.39, 0.29) is 17.9 Å². The van der Waals surface area contributed by atoms with E-state index in [0.29, 0.717) is 12.3 Å². The first-order valence-corrected chi connectivity index (χ1v) is 6.63. The average Bonchev–Trinajstić information content (AvgIpc) is 2.94. The zero-order valence-electron chi connectivity index (χ0n) is 11.6. The van der Waals surface area contributed by atoms with Crippen molar-refractivity contribution < 1.29 is 13.9 Å². The number of Topliss-reactive ketones (excluding diaryl/α,β-unsaturated/α-hetero) is 1. The Morgan fingerprint density at radius 1 is 1.43 bits per heavy atom. The highest BCUT2D eigenvalue weighted by atomic mass is 19.1. The highest BCUT2D eigenvalue weighted by molar-refractivity contribution is 6.00. The summed E-state index contributed by atoms with van der Waals surface area (Å²) in [6, 6.07) is 3.96. The van der Waals surface area contributed by atoms with Crippen LogP contribution in [0.15, 0.2) is 24.5 Å². The molecule has 21 heavy (non-hydrogen) atoms. The molecule has 0 bridgehead atoms. The molecular weight excluding hydrogens is 275 g/mol. The number of benzene rings is 1. The van der Waals surface area contributed by atoms with Gasteiger partial charge < -0.3 is 9.30 Å². The Hall–Kier alpha value is -2.28. The molecule has 1 aromatic heterocycles. The fraction of sp³-hybridized carbons (Fsp3) is 0.357. The lowest BCUT2D eigenvalue weighted by Crippen LogP contribution is -2.37. The number of hydrogen-bond acceptors (Lipinski definition) is 5. The van der Waals surface area contributed by atoms with E-state index in [1.807, 2.05) is 9.47 Å². The molecule has 0 unspecified atom stereocenters. The van der Waals surface area contributed by atoms with Crippen molar-refractivity contribution in [2.45, 2.75) is 13.1 Å². The monoisotopic (exact) mass is 290 g/mol. The Balaban J connectivity index is 1.74. The molecule has 0 saturated heterocycles. The summed E-state index contributed by atoms with van der Waals surface area (Å²) in [6.45, 7) is 2.24. The summed E-state index contributed by atoms with van der Waals surface area (Å²) in [7, 11) is 1.47. The highest BCUT2D eigenvalue weighted by Crippen LogP contribution is 2.21. The van der Waals surface area contributed by atoms with Crippen LogP contribution in [0.25, 0.3) is 0 Å². The van der Waals surface area contributed by atoms with Crippen LogP contribution in [0.2, 0.25) is 0 Å². The van der Waals surface area contributed by atoms with E-state index in [2.05, 4.69) is 10.2 Å². The summed E-state index contributed by atoms with van der Waals surface area (Å²) in [4.78, 5) is 14.3. The maximum Gasteiger partial charge on any atom is 0.180 e. The molecule has 1 aliphatic heterocycles. The number of aromatic nitrogens is 3. The van der Waals surface area contributed by atoms with Crippen LogP contribution in [0.5, 0.6) is 5.75 Å². The molecule has 7 heteroatoms. The van der Waals surface area contributed by atoms with Gasteiger partial charge in [-0.2, -0.15) is 0 Å². The van der Waals surface area contributed by atoms with Gasteiger partial charge in [0.25, 0.3) is 0 Å².